The molecule has 0 aliphatic rings. The average Bonchev–Trinajstić information content (AvgIpc) is 2.80. The summed E-state index contributed by atoms with van der Waals surface area (Å²) in [7, 11) is 1.82. The lowest BCUT2D eigenvalue weighted by Gasteiger charge is -2.16. The van der Waals surface area contributed by atoms with Crippen molar-refractivity contribution in [2.24, 2.45) is 12.8 Å². The molecule has 2 N–H and O–H groups in total. The van der Waals surface area contributed by atoms with Crippen LogP contribution in [0.1, 0.15) is 29.3 Å². The van der Waals surface area contributed by atoms with Crippen LogP contribution in [0.25, 0.3) is 0 Å². The molecule has 0 radical (unpaired) electrons. The molecule has 1 atom stereocenters. The van der Waals surface area contributed by atoms with Gasteiger partial charge >= 0.3 is 6.18 Å². The molecule has 0 saturated carbocycles. The molecular weight excluding hydrogens is 347 g/mol. The molecule has 0 amide bonds. The minimum atomic E-state index is -4.39. The first kappa shape index (κ1) is 16.0. The van der Waals surface area contributed by atoms with E-state index >= 15 is 0 Å². The molecule has 3 nitrogen and oxygen atoms in total. The summed E-state index contributed by atoms with van der Waals surface area (Å²) in [6, 6.07) is 5.54. The summed E-state index contributed by atoms with van der Waals surface area (Å²) in [5, 5.41) is 4.05. The molecule has 114 valence electrons. The molecule has 0 spiro atoms. The number of aryl methyl sites for hydroxylation is 2. The maximum Gasteiger partial charge on any atom is 0.417 e. The van der Waals surface area contributed by atoms with Crippen LogP contribution in [-0.4, -0.2) is 9.78 Å². The Hall–Kier alpha value is -1.34. The normalized spacial score (nSPS) is 13.4. The zero-order valence-corrected chi connectivity index (χ0v) is 12.9. The Balaban J connectivity index is 2.12. The van der Waals surface area contributed by atoms with Crippen LogP contribution in [0.3, 0.4) is 0 Å². The molecule has 2 aromatic rings. The zero-order valence-electron chi connectivity index (χ0n) is 11.4. The first-order valence-corrected chi connectivity index (χ1v) is 7.17. The van der Waals surface area contributed by atoms with Gasteiger partial charge in [-0.15, -0.1) is 0 Å². The Morgan fingerprint density at radius 2 is 2.05 bits per heavy atom. The molecule has 0 bridgehead atoms. The van der Waals surface area contributed by atoms with Gasteiger partial charge in [-0.3, -0.25) is 4.68 Å². The van der Waals surface area contributed by atoms with Gasteiger partial charge in [0.15, 0.2) is 0 Å². The first-order valence-electron chi connectivity index (χ1n) is 6.38. The van der Waals surface area contributed by atoms with Crippen LogP contribution in [0.2, 0.25) is 0 Å². The Morgan fingerprint density at radius 3 is 2.62 bits per heavy atom. The van der Waals surface area contributed by atoms with E-state index in [2.05, 4.69) is 21.0 Å². The Kier molecular flexibility index (Phi) is 4.73. The summed E-state index contributed by atoms with van der Waals surface area (Å²) in [5.41, 5.74) is 6.79. The summed E-state index contributed by atoms with van der Waals surface area (Å²) < 4.78 is 40.4. The minimum absolute atomic E-state index is 0.0255. The second-order valence-corrected chi connectivity index (χ2v) is 5.68. The SMILES string of the molecule is Cn1nccc1CCC(N)c1ccc(Br)c(C(F)(F)F)c1. The molecular formula is C14H15BrF3N3. The lowest BCUT2D eigenvalue weighted by atomic mass is 9.99. The fraction of sp³-hybridized carbons (Fsp3) is 0.357. The van der Waals surface area contributed by atoms with Gasteiger partial charge < -0.3 is 5.73 Å². The van der Waals surface area contributed by atoms with Crippen LogP contribution < -0.4 is 5.73 Å². The van der Waals surface area contributed by atoms with E-state index in [9.17, 15) is 13.2 Å². The summed E-state index contributed by atoms with van der Waals surface area (Å²) in [4.78, 5) is 0. The van der Waals surface area contributed by atoms with Gasteiger partial charge in [-0.25, -0.2) is 0 Å². The maximum absolute atomic E-state index is 12.9. The minimum Gasteiger partial charge on any atom is -0.324 e. The standard InChI is InChI=1S/C14H15BrF3N3/c1-21-10(6-7-20-21)3-5-13(19)9-2-4-12(15)11(8-9)14(16,17)18/h2,4,6-8,13H,3,5,19H2,1H3. The molecule has 1 aromatic carbocycles. The molecule has 0 fully saturated rings. The number of benzene rings is 1. The molecule has 1 aromatic heterocycles. The number of hydrogen-bond acceptors (Lipinski definition) is 2. The lowest BCUT2D eigenvalue weighted by molar-refractivity contribution is -0.138. The van der Waals surface area contributed by atoms with E-state index in [0.717, 1.165) is 11.8 Å². The van der Waals surface area contributed by atoms with E-state index < -0.39 is 17.8 Å². The fourth-order valence-corrected chi connectivity index (χ4v) is 2.58. The number of nitrogens with zero attached hydrogens (tertiary/aromatic N) is 2. The van der Waals surface area contributed by atoms with Gasteiger partial charge in [-0.1, -0.05) is 22.0 Å². The Labute approximate surface area is 129 Å². The van der Waals surface area contributed by atoms with Crippen molar-refractivity contribution in [2.75, 3.05) is 0 Å². The maximum atomic E-state index is 12.9. The number of alkyl halides is 3. The van der Waals surface area contributed by atoms with Crippen molar-refractivity contribution in [1.29, 1.82) is 0 Å². The number of hydrogen-bond donors (Lipinski definition) is 1. The molecule has 0 aliphatic carbocycles. The monoisotopic (exact) mass is 361 g/mol. The summed E-state index contributed by atoms with van der Waals surface area (Å²) >= 11 is 2.92. The van der Waals surface area contributed by atoms with Gasteiger partial charge in [-0.05, 0) is 36.6 Å². The second-order valence-electron chi connectivity index (χ2n) is 4.83. The van der Waals surface area contributed by atoms with Crippen molar-refractivity contribution < 1.29 is 13.2 Å². The van der Waals surface area contributed by atoms with Crippen LogP contribution in [0.15, 0.2) is 34.9 Å². The third kappa shape index (κ3) is 3.85. The third-order valence-electron chi connectivity index (χ3n) is 3.36. The Bertz CT molecular complexity index is 622. The largest absolute Gasteiger partial charge is 0.417 e. The first-order chi connectivity index (χ1) is 9.79. The van der Waals surface area contributed by atoms with Crippen molar-refractivity contribution in [3.8, 4) is 0 Å². The zero-order chi connectivity index (χ0) is 15.6. The van der Waals surface area contributed by atoms with Crippen molar-refractivity contribution in [3.05, 3.63) is 51.8 Å². The molecule has 0 saturated heterocycles. The predicted octanol–water partition coefficient (Wildman–Crippen LogP) is 3.83. The van der Waals surface area contributed by atoms with E-state index in [1.165, 1.54) is 6.07 Å². The van der Waals surface area contributed by atoms with Gasteiger partial charge in [0.2, 0.25) is 0 Å². The van der Waals surface area contributed by atoms with Gasteiger partial charge in [0.1, 0.15) is 0 Å². The number of halogens is 4. The second kappa shape index (κ2) is 6.19. The molecule has 1 heterocycles. The van der Waals surface area contributed by atoms with Crippen molar-refractivity contribution in [3.63, 3.8) is 0 Å². The molecule has 2 rings (SSSR count). The predicted molar refractivity (Wildman–Crippen MR) is 77.6 cm³/mol. The van der Waals surface area contributed by atoms with Crippen LogP contribution in [-0.2, 0) is 19.6 Å². The third-order valence-corrected chi connectivity index (χ3v) is 4.05. The van der Waals surface area contributed by atoms with Crippen LogP contribution >= 0.6 is 15.9 Å². The van der Waals surface area contributed by atoms with Gasteiger partial charge in [0.25, 0.3) is 0 Å². The van der Waals surface area contributed by atoms with E-state index in [1.54, 1.807) is 16.9 Å². The van der Waals surface area contributed by atoms with Gasteiger partial charge in [-0.2, -0.15) is 18.3 Å². The summed E-state index contributed by atoms with van der Waals surface area (Å²) in [6.45, 7) is 0. The smallest absolute Gasteiger partial charge is 0.324 e. The van der Waals surface area contributed by atoms with E-state index in [1.807, 2.05) is 13.1 Å². The highest BCUT2D eigenvalue weighted by Crippen LogP contribution is 2.36. The number of nitrogens with two attached hydrogens (primary N) is 1. The highest BCUT2D eigenvalue weighted by molar-refractivity contribution is 9.10. The van der Waals surface area contributed by atoms with E-state index in [0.29, 0.717) is 18.4 Å². The lowest BCUT2D eigenvalue weighted by Crippen LogP contribution is -2.14. The molecule has 21 heavy (non-hydrogen) atoms. The molecule has 1 unspecified atom stereocenters. The van der Waals surface area contributed by atoms with Crippen molar-refractivity contribution >= 4 is 15.9 Å². The molecule has 7 heteroatoms. The summed E-state index contributed by atoms with van der Waals surface area (Å²) in [6.07, 6.45) is -1.49. The quantitative estimate of drug-likeness (QED) is 0.898. The topological polar surface area (TPSA) is 43.8 Å². The summed E-state index contributed by atoms with van der Waals surface area (Å²) in [5.74, 6) is 0. The Morgan fingerprint density at radius 1 is 1.33 bits per heavy atom. The van der Waals surface area contributed by atoms with Crippen molar-refractivity contribution in [2.45, 2.75) is 25.1 Å². The van der Waals surface area contributed by atoms with Gasteiger partial charge in [0, 0.05) is 29.5 Å². The molecule has 0 aliphatic heterocycles. The van der Waals surface area contributed by atoms with Crippen LogP contribution in [0.5, 0.6) is 0 Å². The number of aromatic nitrogens is 2. The highest BCUT2D eigenvalue weighted by Gasteiger charge is 2.33. The van der Waals surface area contributed by atoms with E-state index in [-0.39, 0.29) is 4.47 Å². The van der Waals surface area contributed by atoms with E-state index in [4.69, 9.17) is 5.73 Å². The fourth-order valence-electron chi connectivity index (χ4n) is 2.11. The van der Waals surface area contributed by atoms with Crippen LogP contribution in [0, 0.1) is 0 Å². The highest BCUT2D eigenvalue weighted by atomic mass is 79.9. The van der Waals surface area contributed by atoms with Crippen molar-refractivity contribution in [1.82, 2.24) is 9.78 Å². The van der Waals surface area contributed by atoms with Crippen LogP contribution in [0.4, 0.5) is 13.2 Å². The van der Waals surface area contributed by atoms with Gasteiger partial charge in [0.05, 0.1) is 5.56 Å². The average molecular weight is 362 g/mol. The number of rotatable bonds is 4.